The largest absolute Gasteiger partial charge is 0.339 e. The summed E-state index contributed by atoms with van der Waals surface area (Å²) in [5.74, 6) is -0.262. The second kappa shape index (κ2) is 9.20. The maximum absolute atomic E-state index is 12.2. The number of nitrogens with zero attached hydrogens (tertiary/aromatic N) is 1. The summed E-state index contributed by atoms with van der Waals surface area (Å²) in [6.45, 7) is 3.45. The first-order chi connectivity index (χ1) is 12.0. The number of carbonyl (C=O) groups is 3. The molecule has 136 valence electrons. The van der Waals surface area contributed by atoms with Gasteiger partial charge in [-0.2, -0.15) is 0 Å². The lowest BCUT2D eigenvalue weighted by atomic mass is 9.94. The molecule has 0 aromatic heterocycles. The summed E-state index contributed by atoms with van der Waals surface area (Å²) in [5, 5.41) is 5.51. The van der Waals surface area contributed by atoms with Crippen molar-refractivity contribution in [3.05, 3.63) is 24.3 Å². The molecule has 1 aromatic carbocycles. The van der Waals surface area contributed by atoms with E-state index in [1.54, 1.807) is 31.2 Å². The Hall–Kier alpha value is -2.37. The van der Waals surface area contributed by atoms with Crippen molar-refractivity contribution in [2.45, 2.75) is 58.4 Å². The standard InChI is InChI=1S/C19H27N3O3/c1-14(23)20-16-7-6-8-17(13-16)21-19(25)11-12-22(15(2)24)18-9-4-3-5-10-18/h6-8,13,18H,3-5,9-12H2,1-2H3,(H,20,23)(H,21,25). The van der Waals surface area contributed by atoms with Crippen molar-refractivity contribution in [3.63, 3.8) is 0 Å². The molecule has 6 nitrogen and oxygen atoms in total. The minimum Gasteiger partial charge on any atom is -0.339 e. The summed E-state index contributed by atoms with van der Waals surface area (Å²) in [7, 11) is 0. The molecule has 0 radical (unpaired) electrons. The molecule has 1 fully saturated rings. The van der Waals surface area contributed by atoms with E-state index in [-0.39, 0.29) is 30.2 Å². The number of rotatable bonds is 6. The molecule has 1 aliphatic rings. The normalized spacial score (nSPS) is 14.6. The summed E-state index contributed by atoms with van der Waals surface area (Å²) in [6, 6.07) is 7.28. The monoisotopic (exact) mass is 345 g/mol. The molecule has 3 amide bonds. The van der Waals surface area contributed by atoms with Gasteiger partial charge in [0.1, 0.15) is 0 Å². The molecule has 6 heteroatoms. The van der Waals surface area contributed by atoms with Crippen molar-refractivity contribution in [2.24, 2.45) is 0 Å². The van der Waals surface area contributed by atoms with Crippen LogP contribution in [0.5, 0.6) is 0 Å². The van der Waals surface area contributed by atoms with Gasteiger partial charge in [-0.1, -0.05) is 25.3 Å². The molecule has 1 aromatic rings. The van der Waals surface area contributed by atoms with Crippen LogP contribution in [0, 0.1) is 0 Å². The van der Waals surface area contributed by atoms with Gasteiger partial charge in [-0.3, -0.25) is 14.4 Å². The van der Waals surface area contributed by atoms with Crippen LogP contribution in [0.3, 0.4) is 0 Å². The van der Waals surface area contributed by atoms with E-state index in [1.807, 2.05) is 4.90 Å². The van der Waals surface area contributed by atoms with E-state index in [0.717, 1.165) is 25.7 Å². The summed E-state index contributed by atoms with van der Waals surface area (Å²) in [6.07, 6.45) is 5.85. The number of hydrogen-bond acceptors (Lipinski definition) is 3. The van der Waals surface area contributed by atoms with E-state index in [9.17, 15) is 14.4 Å². The van der Waals surface area contributed by atoms with Gasteiger partial charge >= 0.3 is 0 Å². The Morgan fingerprint density at radius 2 is 1.68 bits per heavy atom. The second-order valence-corrected chi connectivity index (χ2v) is 6.56. The maximum atomic E-state index is 12.2. The SMILES string of the molecule is CC(=O)Nc1cccc(NC(=O)CCN(C(C)=O)C2CCCCC2)c1. The third-order valence-corrected chi connectivity index (χ3v) is 4.47. The van der Waals surface area contributed by atoms with Crippen molar-refractivity contribution < 1.29 is 14.4 Å². The average molecular weight is 345 g/mol. The fourth-order valence-corrected chi connectivity index (χ4v) is 3.31. The molecule has 0 aliphatic heterocycles. The predicted molar refractivity (Wildman–Crippen MR) is 98.3 cm³/mol. The molecule has 0 atom stereocenters. The van der Waals surface area contributed by atoms with Gasteiger partial charge in [0, 0.05) is 44.2 Å². The van der Waals surface area contributed by atoms with E-state index in [0.29, 0.717) is 17.9 Å². The molecule has 1 aliphatic carbocycles. The van der Waals surface area contributed by atoms with Crippen LogP contribution >= 0.6 is 0 Å². The topological polar surface area (TPSA) is 78.5 Å². The van der Waals surface area contributed by atoms with Gasteiger partial charge in [0.2, 0.25) is 17.7 Å². The number of nitrogens with one attached hydrogen (secondary N) is 2. The Balaban J connectivity index is 1.88. The maximum Gasteiger partial charge on any atom is 0.226 e. The van der Waals surface area contributed by atoms with Gasteiger partial charge in [-0.25, -0.2) is 0 Å². The Morgan fingerprint density at radius 1 is 1.04 bits per heavy atom. The highest BCUT2D eigenvalue weighted by Crippen LogP contribution is 2.23. The molecule has 0 bridgehead atoms. The molecule has 25 heavy (non-hydrogen) atoms. The number of carbonyl (C=O) groups excluding carboxylic acids is 3. The van der Waals surface area contributed by atoms with E-state index in [2.05, 4.69) is 10.6 Å². The van der Waals surface area contributed by atoms with E-state index < -0.39 is 0 Å². The Morgan fingerprint density at radius 3 is 2.28 bits per heavy atom. The highest BCUT2D eigenvalue weighted by atomic mass is 16.2. The quantitative estimate of drug-likeness (QED) is 0.831. The van der Waals surface area contributed by atoms with E-state index in [1.165, 1.54) is 13.3 Å². The zero-order valence-corrected chi connectivity index (χ0v) is 15.0. The Labute approximate surface area is 149 Å². The van der Waals surface area contributed by atoms with Crippen LogP contribution in [-0.2, 0) is 14.4 Å². The van der Waals surface area contributed by atoms with Crippen LogP contribution < -0.4 is 10.6 Å². The summed E-state index contributed by atoms with van der Waals surface area (Å²) in [5.41, 5.74) is 1.26. The lowest BCUT2D eigenvalue weighted by Crippen LogP contribution is -2.41. The van der Waals surface area contributed by atoms with Gasteiger partial charge in [0.15, 0.2) is 0 Å². The van der Waals surface area contributed by atoms with Crippen molar-refractivity contribution in [3.8, 4) is 0 Å². The van der Waals surface area contributed by atoms with Gasteiger partial charge in [-0.05, 0) is 31.0 Å². The first-order valence-electron chi connectivity index (χ1n) is 8.90. The lowest BCUT2D eigenvalue weighted by molar-refractivity contribution is -0.132. The van der Waals surface area contributed by atoms with Gasteiger partial charge in [-0.15, -0.1) is 0 Å². The van der Waals surface area contributed by atoms with Gasteiger partial charge in [0.25, 0.3) is 0 Å². The highest BCUT2D eigenvalue weighted by molar-refractivity contribution is 5.93. The Kier molecular flexibility index (Phi) is 6.98. The van der Waals surface area contributed by atoms with Crippen molar-refractivity contribution in [1.29, 1.82) is 0 Å². The fourth-order valence-electron chi connectivity index (χ4n) is 3.31. The van der Waals surface area contributed by atoms with Gasteiger partial charge < -0.3 is 15.5 Å². The van der Waals surface area contributed by atoms with Gasteiger partial charge in [0.05, 0.1) is 0 Å². The van der Waals surface area contributed by atoms with Crippen LogP contribution in [0.15, 0.2) is 24.3 Å². The lowest BCUT2D eigenvalue weighted by Gasteiger charge is -2.33. The molecule has 0 spiro atoms. The number of hydrogen-bond donors (Lipinski definition) is 2. The molecular formula is C19H27N3O3. The summed E-state index contributed by atoms with van der Waals surface area (Å²) >= 11 is 0. The molecule has 2 rings (SSSR count). The molecule has 2 N–H and O–H groups in total. The van der Waals surface area contributed by atoms with Crippen molar-refractivity contribution in [1.82, 2.24) is 4.90 Å². The van der Waals surface area contributed by atoms with Crippen molar-refractivity contribution >= 4 is 29.1 Å². The molecule has 0 unspecified atom stereocenters. The second-order valence-electron chi connectivity index (χ2n) is 6.56. The zero-order valence-electron chi connectivity index (χ0n) is 15.0. The first kappa shape index (κ1) is 19.0. The van der Waals surface area contributed by atoms with Crippen LogP contribution in [0.4, 0.5) is 11.4 Å². The van der Waals surface area contributed by atoms with E-state index >= 15 is 0 Å². The number of benzene rings is 1. The predicted octanol–water partition coefficient (Wildman–Crippen LogP) is 3.15. The smallest absolute Gasteiger partial charge is 0.226 e. The fraction of sp³-hybridized carbons (Fsp3) is 0.526. The molecule has 0 heterocycles. The molecular weight excluding hydrogens is 318 g/mol. The van der Waals surface area contributed by atoms with Crippen molar-refractivity contribution in [2.75, 3.05) is 17.2 Å². The third kappa shape index (κ3) is 6.21. The highest BCUT2D eigenvalue weighted by Gasteiger charge is 2.23. The third-order valence-electron chi connectivity index (χ3n) is 4.47. The first-order valence-corrected chi connectivity index (χ1v) is 8.90. The van der Waals surface area contributed by atoms with Crippen LogP contribution in [-0.4, -0.2) is 35.2 Å². The minimum atomic E-state index is -0.159. The summed E-state index contributed by atoms with van der Waals surface area (Å²) < 4.78 is 0. The van der Waals surface area contributed by atoms with Crippen LogP contribution in [0.2, 0.25) is 0 Å². The van der Waals surface area contributed by atoms with Crippen LogP contribution in [0.25, 0.3) is 0 Å². The molecule has 1 saturated carbocycles. The average Bonchev–Trinajstić information content (AvgIpc) is 2.55. The molecule has 0 saturated heterocycles. The van der Waals surface area contributed by atoms with Crippen LogP contribution in [0.1, 0.15) is 52.4 Å². The van der Waals surface area contributed by atoms with E-state index in [4.69, 9.17) is 0 Å². The number of anilines is 2. The minimum absolute atomic E-state index is 0.0346. The summed E-state index contributed by atoms with van der Waals surface area (Å²) in [4.78, 5) is 37.1. The zero-order chi connectivity index (χ0) is 18.2. The Bertz CT molecular complexity index is 624. The number of amides is 3.